The molecule has 4 amide bonds. The van der Waals surface area contributed by atoms with E-state index in [1.165, 1.54) is 38.8 Å². The van der Waals surface area contributed by atoms with Gasteiger partial charge in [-0.15, -0.1) is 0 Å². The molecular formula is C66H104N14O34P6. The first-order valence-corrected chi connectivity index (χ1v) is 46.7. The van der Waals surface area contributed by atoms with Gasteiger partial charge in [0.25, 0.3) is 0 Å². The number of fused-ring (bicyclic) bond motifs is 2. The Kier molecular flexibility index (Phi) is 34.4. The Morgan fingerprint density at radius 1 is 0.550 bits per heavy atom. The fraction of sp³-hybridized carbons (Fsp3) is 0.667. The van der Waals surface area contributed by atoms with E-state index < -0.39 is 169 Å². The Morgan fingerprint density at radius 2 is 0.950 bits per heavy atom. The minimum Gasteiger partial charge on any atom is -0.386 e. The molecule has 120 heavy (non-hydrogen) atoms. The molecule has 0 radical (unpaired) electrons. The summed E-state index contributed by atoms with van der Waals surface area (Å²) in [6.07, 6.45) is -4.90. The van der Waals surface area contributed by atoms with Gasteiger partial charge in [0.15, 0.2) is 35.4 Å². The highest BCUT2D eigenvalue weighted by Gasteiger charge is 2.53. The summed E-state index contributed by atoms with van der Waals surface area (Å²) in [5, 5.41) is 53.6. The number of hydrogen-bond donors (Lipinski definition) is 18. The number of carbonyl (C=O) groups is 6. The van der Waals surface area contributed by atoms with E-state index in [1.807, 2.05) is 19.9 Å². The predicted octanol–water partition coefficient (Wildman–Crippen LogP) is 2.45. The molecule has 1 aromatic carbocycles. The highest BCUT2D eigenvalue weighted by atomic mass is 31.3. The number of ether oxygens (including phenoxy) is 2. The van der Waals surface area contributed by atoms with Gasteiger partial charge in [-0.1, -0.05) is 78.6 Å². The Labute approximate surface area is 686 Å². The van der Waals surface area contributed by atoms with Crippen molar-refractivity contribution in [3.05, 3.63) is 60.7 Å². The molecule has 14 atom stereocenters. The SMILES string of the molecule is CC(C)(CCCCc1cccc(CCCCC2(CC(=O)CCNC(=O)CCNC(=O)C(O)C(C)(C)COP(=O)(O)OP(=O)(O)OCC3OC(n4cnc5c(N)ncnc54)C(O)C3OP(=O)(O)O)CC2)c1)CC(=O)CCNC(=O)CCNC(=O)C(O)C(C)(C)COP(=O)(O)OP(=O)(O)OCC1OC(n2cnc3c(N)ncnc32)C(O)C1OP(=O)(O)O. The zero-order valence-electron chi connectivity index (χ0n) is 66.1. The van der Waals surface area contributed by atoms with Crippen LogP contribution in [-0.4, -0.2) is 235 Å². The standard InChI is InChI=1S/C66H104N14O34P6/c1-63(2,29-41(81)16-24-69-45(83)18-26-71-59(89)53(87)64(3,4)33-107-119(101,102)113-117(97,98)105-31-43-51(111-115(91,92)93)49(85)61(109-43)79-37-77-47-55(67)73-35-75-57(47)79)20-9-7-12-39-14-11-15-40(28-39)13-8-10-21-66(22-23-66)30-42(82)17-25-70-46(84)19-27-72-60(90)54(88)65(5,6)34-108-120(103,104)114-118(99,100)106-32-44-52(112-116(94,95)96)50(86)62(110-44)80-38-78-48-56(68)74-36-76-58(48)80/h11,14-15,28,35-38,43-44,49-54,61-62,85-88H,7-10,12-13,16-27,29-34H2,1-6H3,(H,69,83)(H,70,84)(H,71,89)(H,72,90)(H,97,98)(H,99,100)(H,101,102)(H,103,104)(H2,67,73,75)(H2,68,74,76)(H2,91,92,93)(H2,94,95,96). The van der Waals surface area contributed by atoms with Crippen LogP contribution in [0.2, 0.25) is 0 Å². The van der Waals surface area contributed by atoms with E-state index in [-0.39, 0.29) is 115 Å². The molecule has 3 aliphatic rings. The van der Waals surface area contributed by atoms with Gasteiger partial charge in [0.2, 0.25) is 23.6 Å². The predicted molar refractivity (Wildman–Crippen MR) is 415 cm³/mol. The maximum Gasteiger partial charge on any atom is 0.481 e. The normalized spacial score (nSPS) is 22.2. The second-order valence-corrected chi connectivity index (χ2v) is 39.9. The molecule has 2 saturated heterocycles. The van der Waals surface area contributed by atoms with Crippen molar-refractivity contribution in [1.82, 2.24) is 60.3 Å². The minimum absolute atomic E-state index is 0.00147. The quantitative estimate of drug-likeness (QED) is 0.0196. The fourth-order valence-electron chi connectivity index (χ4n) is 13.2. The third-order valence-corrected chi connectivity index (χ3v) is 26.0. The van der Waals surface area contributed by atoms with E-state index >= 15 is 0 Å². The van der Waals surface area contributed by atoms with Crippen LogP contribution in [0, 0.1) is 21.7 Å². The molecule has 8 rings (SSSR count). The lowest BCUT2D eigenvalue weighted by molar-refractivity contribution is -0.137. The molecule has 3 fully saturated rings. The van der Waals surface area contributed by atoms with E-state index in [2.05, 4.69) is 87.0 Å². The van der Waals surface area contributed by atoms with Crippen molar-refractivity contribution in [2.45, 2.75) is 206 Å². The van der Waals surface area contributed by atoms with Gasteiger partial charge in [-0.3, -0.25) is 65.0 Å². The number of nitrogen functional groups attached to an aromatic ring is 2. The summed E-state index contributed by atoms with van der Waals surface area (Å²) in [7, 11) is -33.2. The second kappa shape index (κ2) is 41.6. The Hall–Kier alpha value is -6.36. The Bertz CT molecular complexity index is 4450. The molecule has 2 aliphatic heterocycles. The maximum atomic E-state index is 13.1. The second-order valence-electron chi connectivity index (χ2n) is 31.5. The van der Waals surface area contributed by atoms with Gasteiger partial charge in [0, 0.05) is 75.5 Å². The molecule has 1 aliphatic carbocycles. The first-order valence-electron chi connectivity index (χ1n) is 37.7. The number of nitrogens with zero attached hydrogens (tertiary/aromatic N) is 8. The van der Waals surface area contributed by atoms with Gasteiger partial charge < -0.3 is 102 Å². The molecule has 1 saturated carbocycles. The molecule has 5 aromatic rings. The number of aryl methyl sites for hydroxylation is 2. The van der Waals surface area contributed by atoms with Crippen LogP contribution in [0.25, 0.3) is 22.3 Å². The third-order valence-electron chi connectivity index (χ3n) is 19.8. The largest absolute Gasteiger partial charge is 0.481 e. The first-order chi connectivity index (χ1) is 55.8. The summed E-state index contributed by atoms with van der Waals surface area (Å²) in [6, 6.07) is 8.39. The number of aliphatic hydroxyl groups excluding tert-OH is 4. The average molecular weight is 1820 g/mol. The lowest BCUT2D eigenvalue weighted by Crippen LogP contribution is -2.46. The van der Waals surface area contributed by atoms with Crippen molar-refractivity contribution in [2.75, 3.05) is 64.1 Å². The van der Waals surface area contributed by atoms with E-state index in [0.29, 0.717) is 6.42 Å². The van der Waals surface area contributed by atoms with Crippen LogP contribution in [0.5, 0.6) is 0 Å². The molecule has 48 nitrogen and oxygen atoms in total. The average Bonchev–Trinajstić information content (AvgIpc) is 1.62. The summed E-state index contributed by atoms with van der Waals surface area (Å²) in [6.45, 7) is 4.29. The van der Waals surface area contributed by atoms with Crippen LogP contribution in [0.15, 0.2) is 49.6 Å². The number of phosphoric ester groups is 6. The van der Waals surface area contributed by atoms with E-state index in [9.17, 15) is 116 Å². The molecule has 0 spiro atoms. The molecule has 14 unspecified atom stereocenters. The third kappa shape index (κ3) is 30.2. The van der Waals surface area contributed by atoms with Crippen LogP contribution < -0.4 is 32.7 Å². The van der Waals surface area contributed by atoms with Crippen molar-refractivity contribution in [2.24, 2.45) is 21.7 Å². The lowest BCUT2D eigenvalue weighted by Gasteiger charge is -2.30. The number of amides is 4. The number of aliphatic hydroxyl groups is 4. The van der Waals surface area contributed by atoms with Crippen molar-refractivity contribution in [1.29, 1.82) is 0 Å². The van der Waals surface area contributed by atoms with E-state index in [0.717, 1.165) is 98.7 Å². The monoisotopic (exact) mass is 1820 g/mol. The number of imidazole rings is 2. The molecular weight excluding hydrogens is 1720 g/mol. The van der Waals surface area contributed by atoms with Crippen LogP contribution in [-0.2, 0) is 114 Å². The van der Waals surface area contributed by atoms with Gasteiger partial charge in [-0.2, -0.15) is 8.62 Å². The summed E-state index contributed by atoms with van der Waals surface area (Å²) in [4.78, 5) is 180. The van der Waals surface area contributed by atoms with Crippen molar-refractivity contribution < 1.29 is 161 Å². The number of aromatic nitrogens is 8. The smallest absolute Gasteiger partial charge is 0.386 e. The van der Waals surface area contributed by atoms with Crippen LogP contribution in [0.1, 0.15) is 155 Å². The van der Waals surface area contributed by atoms with Crippen LogP contribution >= 0.6 is 46.9 Å². The Morgan fingerprint density at radius 3 is 1.37 bits per heavy atom. The number of benzene rings is 1. The van der Waals surface area contributed by atoms with Gasteiger partial charge >= 0.3 is 46.9 Å². The van der Waals surface area contributed by atoms with Gasteiger partial charge in [-0.05, 0) is 73.3 Å². The number of anilines is 2. The molecule has 54 heteroatoms. The van der Waals surface area contributed by atoms with E-state index in [4.69, 9.17) is 39.0 Å². The maximum absolute atomic E-state index is 13.1. The fourth-order valence-corrected chi connectivity index (χ4v) is 18.8. The van der Waals surface area contributed by atoms with E-state index in [1.54, 1.807) is 0 Å². The summed E-state index contributed by atoms with van der Waals surface area (Å²) >= 11 is 0. The number of nitrogens with one attached hydrogen (secondary N) is 4. The molecule has 0 bridgehead atoms. The van der Waals surface area contributed by atoms with Crippen LogP contribution in [0.4, 0.5) is 11.6 Å². The number of Topliss-reactive ketones (excluding diaryl/α,β-unsaturated/α-hetero) is 2. The number of unbranched alkanes of at least 4 members (excludes halogenated alkanes) is 2. The molecule has 4 aromatic heterocycles. The Balaban J connectivity index is 0.628. The zero-order chi connectivity index (χ0) is 88.8. The zero-order valence-corrected chi connectivity index (χ0v) is 71.5. The summed E-state index contributed by atoms with van der Waals surface area (Å²) < 4.78 is 126. The van der Waals surface area contributed by atoms with Crippen molar-refractivity contribution in [3.63, 3.8) is 0 Å². The number of carbonyl (C=O) groups excluding carboxylic acids is 6. The highest BCUT2D eigenvalue weighted by molar-refractivity contribution is 7.61. The number of phosphoric acid groups is 6. The van der Waals surface area contributed by atoms with Crippen LogP contribution in [0.3, 0.4) is 0 Å². The number of nitrogens with two attached hydrogens (primary N) is 2. The number of rotatable bonds is 52. The number of hydrogen-bond acceptors (Lipinski definition) is 34. The first kappa shape index (κ1) is 99.1. The van der Waals surface area contributed by atoms with Crippen molar-refractivity contribution in [3.8, 4) is 0 Å². The summed E-state index contributed by atoms with van der Waals surface area (Å²) in [5.74, 6) is -3.25. The van der Waals surface area contributed by atoms with Gasteiger partial charge in [-0.25, -0.2) is 57.3 Å². The molecule has 20 N–H and O–H groups in total. The molecule has 672 valence electrons. The molecule has 6 heterocycles. The van der Waals surface area contributed by atoms with Gasteiger partial charge in [0.05, 0.1) is 39.1 Å². The number of ketones is 2. The van der Waals surface area contributed by atoms with Crippen molar-refractivity contribution >= 4 is 116 Å². The highest BCUT2D eigenvalue weighted by Crippen LogP contribution is 2.63. The summed E-state index contributed by atoms with van der Waals surface area (Å²) in [5.41, 5.74) is 10.4. The van der Waals surface area contributed by atoms with Gasteiger partial charge in [0.1, 0.15) is 84.1 Å². The lowest BCUT2D eigenvalue weighted by atomic mass is 9.81. The topological polar surface area (TPSA) is 727 Å². The minimum atomic E-state index is -5.64.